The minimum atomic E-state index is -0.0277. The Labute approximate surface area is 192 Å². The molecule has 3 aromatic rings. The molecule has 0 bridgehead atoms. The zero-order valence-electron chi connectivity index (χ0n) is 15.8. The van der Waals surface area contributed by atoms with Gasteiger partial charge in [0.1, 0.15) is 0 Å². The molecule has 1 aromatic carbocycles. The second-order valence-corrected chi connectivity index (χ2v) is 9.35. The van der Waals surface area contributed by atoms with Gasteiger partial charge in [-0.15, -0.1) is 0 Å². The first kappa shape index (κ1) is 19.8. The maximum absolute atomic E-state index is 5.81. The van der Waals surface area contributed by atoms with E-state index in [1.165, 1.54) is 20.4 Å². The Bertz CT molecular complexity index is 1050. The number of halogens is 2. The zero-order valence-corrected chi connectivity index (χ0v) is 20.3. The average Bonchev–Trinajstić information content (AvgIpc) is 3.13. The minimum Gasteiger partial charge on any atom is -0.362 e. The van der Waals surface area contributed by atoms with Crippen LogP contribution in [0.5, 0.6) is 0 Å². The van der Waals surface area contributed by atoms with Crippen molar-refractivity contribution in [2.45, 2.75) is 32.9 Å². The molecule has 2 aromatic heterocycles. The number of hydrogen-bond donors (Lipinski definition) is 2. The van der Waals surface area contributed by atoms with Crippen LogP contribution in [0.3, 0.4) is 0 Å². The molecule has 0 aliphatic carbocycles. The SMILES string of the molecule is Cc1cc(N2C(=S)N[C@H](c3ccccn3)[C@H]2c2c(C)[nH]c(C)c2I)ccc1Br. The van der Waals surface area contributed by atoms with Crippen LogP contribution in [0.1, 0.15) is 40.3 Å². The summed E-state index contributed by atoms with van der Waals surface area (Å²) in [6, 6.07) is 12.4. The minimum absolute atomic E-state index is 0.0137. The number of aromatic nitrogens is 2. The van der Waals surface area contributed by atoms with Gasteiger partial charge < -0.3 is 15.2 Å². The summed E-state index contributed by atoms with van der Waals surface area (Å²) >= 11 is 11.9. The van der Waals surface area contributed by atoms with Crippen LogP contribution >= 0.6 is 50.7 Å². The zero-order chi connectivity index (χ0) is 20.0. The van der Waals surface area contributed by atoms with Crippen molar-refractivity contribution < 1.29 is 0 Å². The van der Waals surface area contributed by atoms with Gasteiger partial charge in [-0.1, -0.05) is 22.0 Å². The van der Waals surface area contributed by atoms with Crippen LogP contribution in [0.15, 0.2) is 47.1 Å². The summed E-state index contributed by atoms with van der Waals surface area (Å²) in [5.41, 5.74) is 6.85. The monoisotopic (exact) mass is 566 g/mol. The third kappa shape index (κ3) is 3.37. The Morgan fingerprint density at radius 3 is 2.54 bits per heavy atom. The van der Waals surface area contributed by atoms with Crippen molar-refractivity contribution in [3.8, 4) is 0 Å². The lowest BCUT2D eigenvalue weighted by Gasteiger charge is -2.29. The van der Waals surface area contributed by atoms with Crippen molar-refractivity contribution in [3.05, 3.63) is 78.8 Å². The number of aryl methyl sites for hydroxylation is 3. The molecule has 0 spiro atoms. The van der Waals surface area contributed by atoms with Crippen LogP contribution in [-0.2, 0) is 0 Å². The van der Waals surface area contributed by atoms with E-state index < -0.39 is 0 Å². The molecule has 1 saturated heterocycles. The molecule has 2 atom stereocenters. The van der Waals surface area contributed by atoms with Crippen LogP contribution in [-0.4, -0.2) is 15.1 Å². The van der Waals surface area contributed by atoms with Crippen LogP contribution < -0.4 is 10.2 Å². The maximum Gasteiger partial charge on any atom is 0.174 e. The highest BCUT2D eigenvalue weighted by Crippen LogP contribution is 2.45. The lowest BCUT2D eigenvalue weighted by atomic mass is 9.96. The molecule has 0 amide bonds. The summed E-state index contributed by atoms with van der Waals surface area (Å²) in [4.78, 5) is 10.4. The first-order chi connectivity index (χ1) is 13.4. The molecule has 28 heavy (non-hydrogen) atoms. The van der Waals surface area contributed by atoms with Gasteiger partial charge in [-0.05, 0) is 91.5 Å². The summed E-state index contributed by atoms with van der Waals surface area (Å²) in [6.07, 6.45) is 1.84. The van der Waals surface area contributed by atoms with Gasteiger partial charge >= 0.3 is 0 Å². The lowest BCUT2D eigenvalue weighted by Crippen LogP contribution is -2.29. The van der Waals surface area contributed by atoms with Gasteiger partial charge in [0, 0.05) is 36.9 Å². The van der Waals surface area contributed by atoms with E-state index in [1.807, 2.05) is 18.3 Å². The highest BCUT2D eigenvalue weighted by atomic mass is 127. The van der Waals surface area contributed by atoms with E-state index in [-0.39, 0.29) is 12.1 Å². The molecule has 144 valence electrons. The lowest BCUT2D eigenvalue weighted by molar-refractivity contribution is 0.564. The number of pyridine rings is 1. The molecule has 0 saturated carbocycles. The highest BCUT2D eigenvalue weighted by Gasteiger charge is 2.43. The van der Waals surface area contributed by atoms with Crippen molar-refractivity contribution >= 4 is 61.5 Å². The Hall–Kier alpha value is -1.45. The third-order valence-electron chi connectivity index (χ3n) is 5.16. The Morgan fingerprint density at radius 2 is 1.93 bits per heavy atom. The molecular weight excluding hydrogens is 547 g/mol. The van der Waals surface area contributed by atoms with Crippen molar-refractivity contribution in [2.75, 3.05) is 4.90 Å². The predicted octanol–water partition coefficient (Wildman–Crippen LogP) is 5.88. The van der Waals surface area contributed by atoms with Gasteiger partial charge in [0.25, 0.3) is 0 Å². The van der Waals surface area contributed by atoms with E-state index in [4.69, 9.17) is 12.2 Å². The summed E-state index contributed by atoms with van der Waals surface area (Å²) in [5, 5.41) is 4.25. The van der Waals surface area contributed by atoms with Gasteiger partial charge in [0.15, 0.2) is 5.11 Å². The van der Waals surface area contributed by atoms with E-state index in [0.29, 0.717) is 0 Å². The molecule has 4 rings (SSSR count). The van der Waals surface area contributed by atoms with Gasteiger partial charge in [0.2, 0.25) is 0 Å². The molecule has 0 unspecified atom stereocenters. The number of rotatable bonds is 3. The number of nitrogens with zero attached hydrogens (tertiary/aromatic N) is 2. The van der Waals surface area contributed by atoms with Crippen LogP contribution in [0.4, 0.5) is 5.69 Å². The molecule has 1 fully saturated rings. The molecular formula is C21H20BrIN4S. The number of hydrogen-bond acceptors (Lipinski definition) is 2. The molecule has 0 radical (unpaired) electrons. The smallest absolute Gasteiger partial charge is 0.174 e. The second-order valence-electron chi connectivity index (χ2n) is 7.03. The van der Waals surface area contributed by atoms with Gasteiger partial charge in [-0.3, -0.25) is 4.98 Å². The number of anilines is 1. The first-order valence-electron chi connectivity index (χ1n) is 9.00. The summed E-state index contributed by atoms with van der Waals surface area (Å²) in [6.45, 7) is 6.34. The fourth-order valence-corrected chi connectivity index (χ4v) is 5.28. The summed E-state index contributed by atoms with van der Waals surface area (Å²) in [5.74, 6) is 0. The Balaban J connectivity index is 1.91. The normalized spacial score (nSPS) is 19.2. The maximum atomic E-state index is 5.81. The fourth-order valence-electron chi connectivity index (χ4n) is 3.83. The summed E-state index contributed by atoms with van der Waals surface area (Å²) < 4.78 is 2.33. The van der Waals surface area contributed by atoms with Gasteiger partial charge in [-0.25, -0.2) is 0 Å². The predicted molar refractivity (Wildman–Crippen MR) is 130 cm³/mol. The number of nitrogens with one attached hydrogen (secondary N) is 2. The quantitative estimate of drug-likeness (QED) is 0.307. The van der Waals surface area contributed by atoms with Crippen molar-refractivity contribution in [1.29, 1.82) is 0 Å². The van der Waals surface area contributed by atoms with Gasteiger partial charge in [0.05, 0.1) is 17.8 Å². The van der Waals surface area contributed by atoms with Crippen LogP contribution in [0.2, 0.25) is 0 Å². The summed E-state index contributed by atoms with van der Waals surface area (Å²) in [7, 11) is 0. The van der Waals surface area contributed by atoms with Crippen molar-refractivity contribution in [3.63, 3.8) is 0 Å². The standard InChI is InChI=1S/C21H20BrIN4S/c1-11-10-14(7-8-15(11)22)27-20(17-12(2)25-13(3)18(17)23)19(26-21(27)28)16-6-4-5-9-24-16/h4-10,19-20,25H,1-3H3,(H,26,28)/t19-,20-/m1/s1. The van der Waals surface area contributed by atoms with Gasteiger partial charge in [-0.2, -0.15) is 0 Å². The van der Waals surface area contributed by atoms with E-state index in [9.17, 15) is 0 Å². The molecule has 1 aliphatic rings. The second kappa shape index (κ2) is 7.76. The molecule has 2 N–H and O–H groups in total. The Kier molecular flexibility index (Phi) is 5.50. The molecule has 7 heteroatoms. The number of H-pyrrole nitrogens is 1. The average molecular weight is 567 g/mol. The van der Waals surface area contributed by atoms with Crippen LogP contribution in [0.25, 0.3) is 0 Å². The Morgan fingerprint density at radius 1 is 1.14 bits per heavy atom. The van der Waals surface area contributed by atoms with E-state index in [2.05, 4.69) is 104 Å². The topological polar surface area (TPSA) is 44.0 Å². The first-order valence-corrected chi connectivity index (χ1v) is 11.3. The van der Waals surface area contributed by atoms with Crippen molar-refractivity contribution in [2.24, 2.45) is 0 Å². The highest BCUT2D eigenvalue weighted by molar-refractivity contribution is 14.1. The largest absolute Gasteiger partial charge is 0.362 e. The number of benzene rings is 1. The molecule has 1 aliphatic heterocycles. The van der Waals surface area contributed by atoms with E-state index in [1.54, 1.807) is 0 Å². The van der Waals surface area contributed by atoms with Crippen LogP contribution in [0, 0.1) is 24.3 Å². The van der Waals surface area contributed by atoms with Crippen molar-refractivity contribution in [1.82, 2.24) is 15.3 Å². The molecule has 3 heterocycles. The fraction of sp³-hybridized carbons (Fsp3) is 0.238. The third-order valence-corrected chi connectivity index (χ3v) is 7.75. The molecule has 4 nitrogen and oxygen atoms in total. The van der Waals surface area contributed by atoms with E-state index >= 15 is 0 Å². The number of thiocarbonyl (C=S) groups is 1. The van der Waals surface area contributed by atoms with E-state index in [0.717, 1.165) is 26.7 Å². The number of aromatic amines is 1.